The second-order valence-electron chi connectivity index (χ2n) is 8.81. The summed E-state index contributed by atoms with van der Waals surface area (Å²) in [5, 5.41) is 16.2. The van der Waals surface area contributed by atoms with E-state index in [2.05, 4.69) is 25.9 Å². The van der Waals surface area contributed by atoms with Gasteiger partial charge in [0.2, 0.25) is 5.91 Å². The van der Waals surface area contributed by atoms with E-state index in [1.807, 2.05) is 41.8 Å². The van der Waals surface area contributed by atoms with Crippen molar-refractivity contribution in [1.29, 1.82) is 0 Å². The molecule has 4 unspecified atom stereocenters. The zero-order valence-electron chi connectivity index (χ0n) is 17.6. The number of benzene rings is 1. The van der Waals surface area contributed by atoms with Gasteiger partial charge in [-0.1, -0.05) is 44.9 Å². The van der Waals surface area contributed by atoms with Crippen LogP contribution in [0.4, 0.5) is 0 Å². The van der Waals surface area contributed by atoms with Crippen molar-refractivity contribution in [2.24, 2.45) is 12.5 Å². The molecule has 0 saturated carbocycles. The van der Waals surface area contributed by atoms with Crippen LogP contribution in [0.3, 0.4) is 0 Å². The predicted molar refractivity (Wildman–Crippen MR) is 114 cm³/mol. The van der Waals surface area contributed by atoms with Gasteiger partial charge < -0.3 is 10.0 Å². The molecule has 1 aliphatic heterocycles. The molecule has 0 radical (unpaired) electrons. The number of rotatable bonds is 5. The van der Waals surface area contributed by atoms with Crippen LogP contribution in [0.1, 0.15) is 65.0 Å². The van der Waals surface area contributed by atoms with Gasteiger partial charge in [-0.25, -0.2) is 0 Å². The Labute approximate surface area is 172 Å². The first-order valence-corrected chi connectivity index (χ1v) is 10.6. The molecule has 5 nitrogen and oxygen atoms in total. The smallest absolute Gasteiger partial charge is 0.223 e. The van der Waals surface area contributed by atoms with Gasteiger partial charge >= 0.3 is 0 Å². The van der Waals surface area contributed by atoms with Crippen molar-refractivity contribution in [2.75, 3.05) is 6.61 Å². The molecule has 1 amide bonds. The van der Waals surface area contributed by atoms with Crippen LogP contribution < -0.4 is 0 Å². The quantitative estimate of drug-likeness (QED) is 0.796. The van der Waals surface area contributed by atoms with E-state index in [4.69, 9.17) is 11.6 Å². The van der Waals surface area contributed by atoms with Crippen molar-refractivity contribution in [2.45, 2.75) is 71.4 Å². The number of aromatic nitrogens is 2. The fourth-order valence-corrected chi connectivity index (χ4v) is 5.19. The van der Waals surface area contributed by atoms with E-state index in [1.54, 1.807) is 0 Å². The topological polar surface area (TPSA) is 58.4 Å². The first kappa shape index (κ1) is 21.1. The Morgan fingerprint density at radius 3 is 2.79 bits per heavy atom. The van der Waals surface area contributed by atoms with Crippen LogP contribution in [0, 0.1) is 5.41 Å². The molecule has 2 heterocycles. The number of likely N-dealkylation sites (tertiary alicyclic amines) is 1. The van der Waals surface area contributed by atoms with E-state index in [0.717, 1.165) is 35.9 Å². The second kappa shape index (κ2) is 8.03. The molecule has 4 atom stereocenters. The lowest BCUT2D eigenvalue weighted by Crippen LogP contribution is -2.55. The Morgan fingerprint density at radius 2 is 2.14 bits per heavy atom. The van der Waals surface area contributed by atoms with Crippen LogP contribution in [-0.2, 0) is 11.8 Å². The van der Waals surface area contributed by atoms with Crippen molar-refractivity contribution < 1.29 is 9.90 Å². The number of aliphatic hydroxyl groups is 1. The van der Waals surface area contributed by atoms with Crippen LogP contribution in [-0.4, -0.2) is 44.4 Å². The number of carbonyl (C=O) groups is 1. The number of hydrogen-bond acceptors (Lipinski definition) is 3. The molecule has 28 heavy (non-hydrogen) atoms. The molecule has 1 aromatic heterocycles. The molecule has 154 valence electrons. The van der Waals surface area contributed by atoms with Gasteiger partial charge in [-0.3, -0.25) is 9.48 Å². The molecule has 0 aliphatic carbocycles. The normalized spacial score (nSPS) is 26.6. The molecule has 1 aliphatic rings. The average Bonchev–Trinajstić information content (AvgIpc) is 2.99. The monoisotopic (exact) mass is 405 g/mol. The maximum Gasteiger partial charge on any atom is 0.223 e. The molecular weight excluding hydrogens is 374 g/mol. The van der Waals surface area contributed by atoms with E-state index >= 15 is 0 Å². The van der Waals surface area contributed by atoms with Gasteiger partial charge in [0.1, 0.15) is 0 Å². The Morgan fingerprint density at radius 1 is 1.43 bits per heavy atom. The van der Waals surface area contributed by atoms with Crippen LogP contribution in [0.2, 0.25) is 5.02 Å². The molecule has 2 aromatic rings. The third-order valence-corrected chi connectivity index (χ3v) is 6.85. The standard InChI is InChI=1S/C22H32ClN3O2/c1-6-22(4)11-15(3)26(16(12-22)13-27)19(28)10-14(2)21-20-17(23)8-7-9-18(20)25(5)24-21/h7-9,14-16,27H,6,10-13H2,1-5H3. The fourth-order valence-electron chi connectivity index (χ4n) is 4.92. The zero-order chi connectivity index (χ0) is 20.6. The number of piperidine rings is 1. The summed E-state index contributed by atoms with van der Waals surface area (Å²) in [5.41, 5.74) is 2.01. The maximum absolute atomic E-state index is 13.2. The lowest BCUT2D eigenvalue weighted by atomic mass is 9.72. The summed E-state index contributed by atoms with van der Waals surface area (Å²) >= 11 is 6.44. The minimum atomic E-state index is -0.113. The van der Waals surface area contributed by atoms with E-state index in [-0.39, 0.29) is 35.9 Å². The molecule has 1 fully saturated rings. The molecular formula is C22H32ClN3O2. The van der Waals surface area contributed by atoms with E-state index in [0.29, 0.717) is 11.4 Å². The third kappa shape index (κ3) is 3.79. The lowest BCUT2D eigenvalue weighted by molar-refractivity contribution is -0.142. The molecule has 1 saturated heterocycles. The van der Waals surface area contributed by atoms with Gasteiger partial charge in [0.05, 0.1) is 28.9 Å². The van der Waals surface area contributed by atoms with Crippen molar-refractivity contribution in [1.82, 2.24) is 14.7 Å². The van der Waals surface area contributed by atoms with Crippen LogP contribution in [0.15, 0.2) is 18.2 Å². The van der Waals surface area contributed by atoms with E-state index in [1.165, 1.54) is 0 Å². The highest BCUT2D eigenvalue weighted by atomic mass is 35.5. The fraction of sp³-hybridized carbons (Fsp3) is 0.636. The largest absolute Gasteiger partial charge is 0.394 e. The summed E-state index contributed by atoms with van der Waals surface area (Å²) in [6.07, 6.45) is 3.24. The van der Waals surface area contributed by atoms with Crippen LogP contribution in [0.25, 0.3) is 10.9 Å². The predicted octanol–water partition coefficient (Wildman–Crippen LogP) is 4.51. The minimum absolute atomic E-state index is 0.0123. The van der Waals surface area contributed by atoms with Crippen molar-refractivity contribution >= 4 is 28.4 Å². The minimum Gasteiger partial charge on any atom is -0.394 e. The molecule has 0 spiro atoms. The van der Waals surface area contributed by atoms with Crippen molar-refractivity contribution in [3.63, 3.8) is 0 Å². The van der Waals surface area contributed by atoms with Gasteiger partial charge in [0.15, 0.2) is 0 Å². The van der Waals surface area contributed by atoms with Gasteiger partial charge in [-0.05, 0) is 37.3 Å². The van der Waals surface area contributed by atoms with Crippen molar-refractivity contribution in [3.8, 4) is 0 Å². The van der Waals surface area contributed by atoms with Gasteiger partial charge in [0, 0.05) is 30.8 Å². The number of aryl methyl sites for hydroxylation is 1. The Bertz CT molecular complexity index is 865. The number of carbonyl (C=O) groups excluding carboxylic acids is 1. The highest BCUT2D eigenvalue weighted by Gasteiger charge is 2.41. The second-order valence-corrected chi connectivity index (χ2v) is 9.21. The summed E-state index contributed by atoms with van der Waals surface area (Å²) in [6, 6.07) is 5.78. The number of amides is 1. The summed E-state index contributed by atoms with van der Waals surface area (Å²) in [6.45, 7) is 8.60. The molecule has 6 heteroatoms. The highest BCUT2D eigenvalue weighted by molar-refractivity contribution is 6.35. The maximum atomic E-state index is 13.2. The molecule has 1 aromatic carbocycles. The highest BCUT2D eigenvalue weighted by Crippen LogP contribution is 2.41. The Balaban J connectivity index is 1.83. The first-order valence-electron chi connectivity index (χ1n) is 10.2. The summed E-state index contributed by atoms with van der Waals surface area (Å²) in [7, 11) is 1.90. The Kier molecular flexibility index (Phi) is 6.06. The molecule has 1 N–H and O–H groups in total. The number of hydrogen-bond donors (Lipinski definition) is 1. The average molecular weight is 406 g/mol. The molecule has 0 bridgehead atoms. The van der Waals surface area contributed by atoms with E-state index in [9.17, 15) is 9.90 Å². The van der Waals surface area contributed by atoms with Gasteiger partial charge in [-0.15, -0.1) is 0 Å². The van der Waals surface area contributed by atoms with E-state index < -0.39 is 0 Å². The summed E-state index contributed by atoms with van der Waals surface area (Å²) in [4.78, 5) is 15.2. The Hall–Kier alpha value is -1.59. The van der Waals surface area contributed by atoms with Gasteiger partial charge in [-0.2, -0.15) is 5.10 Å². The number of aliphatic hydroxyl groups excluding tert-OH is 1. The van der Waals surface area contributed by atoms with Crippen LogP contribution >= 0.6 is 11.6 Å². The van der Waals surface area contributed by atoms with Crippen LogP contribution in [0.5, 0.6) is 0 Å². The number of fused-ring (bicyclic) bond motifs is 1. The lowest BCUT2D eigenvalue weighted by Gasteiger charge is -2.48. The SMILES string of the molecule is CCC1(C)CC(C)N(C(=O)CC(C)c2nn(C)c3cccc(Cl)c23)C(CO)C1. The molecule has 3 rings (SSSR count). The summed E-state index contributed by atoms with van der Waals surface area (Å²) in [5.74, 6) is 0.0326. The zero-order valence-corrected chi connectivity index (χ0v) is 18.3. The number of nitrogens with zero attached hydrogens (tertiary/aromatic N) is 3. The van der Waals surface area contributed by atoms with Crippen molar-refractivity contribution in [3.05, 3.63) is 28.9 Å². The first-order chi connectivity index (χ1) is 13.2. The summed E-state index contributed by atoms with van der Waals surface area (Å²) < 4.78 is 1.82. The third-order valence-electron chi connectivity index (χ3n) is 6.54. The number of halogens is 1. The van der Waals surface area contributed by atoms with Gasteiger partial charge in [0.25, 0.3) is 0 Å².